The van der Waals surface area contributed by atoms with Crippen molar-refractivity contribution in [2.24, 2.45) is 0 Å². The molecule has 2 aliphatic rings. The number of anilines is 2. The van der Waals surface area contributed by atoms with E-state index in [1.165, 1.54) is 105 Å². The summed E-state index contributed by atoms with van der Waals surface area (Å²) in [5, 5.41) is 6.96. The molecule has 18 nitrogen and oxygen atoms in total. The number of ether oxygens (including phenoxy) is 2. The average molecular weight is 1380 g/mol. The molecule has 14 rings (SSSR count). The summed E-state index contributed by atoms with van der Waals surface area (Å²) in [5.74, 6) is -1.46. The molecule has 2 amide bonds. The summed E-state index contributed by atoms with van der Waals surface area (Å²) < 4.78 is 188. The molecule has 0 unspecified atom stereocenters. The number of sulfonamides is 2. The number of nitrogens with one attached hydrogen (secondary N) is 2. The molecule has 96 heavy (non-hydrogen) atoms. The highest BCUT2D eigenvalue weighted by atomic mass is 35.5. The van der Waals surface area contributed by atoms with E-state index in [-0.39, 0.29) is 74.4 Å². The van der Waals surface area contributed by atoms with E-state index in [1.807, 2.05) is 10.6 Å². The van der Waals surface area contributed by atoms with Crippen LogP contribution in [0.2, 0.25) is 5.15 Å². The first-order chi connectivity index (χ1) is 45.7. The lowest BCUT2D eigenvalue weighted by atomic mass is 10.00. The van der Waals surface area contributed by atoms with E-state index in [1.54, 1.807) is 60.0 Å². The summed E-state index contributed by atoms with van der Waals surface area (Å²) in [6.45, 7) is -0.207. The molecule has 12 aromatic rings. The van der Waals surface area contributed by atoms with Gasteiger partial charge in [0, 0.05) is 64.5 Å². The number of aromatic nitrogens is 4. The van der Waals surface area contributed by atoms with Crippen LogP contribution >= 0.6 is 11.6 Å². The smallest absolute Gasteiger partial charge is 0.257 e. The summed E-state index contributed by atoms with van der Waals surface area (Å²) in [6.07, 6.45) is -4.30. The van der Waals surface area contributed by atoms with Crippen molar-refractivity contribution in [2.45, 2.75) is 33.2 Å². The SMILES string of the molecule is CNC(=O)c1c(-c2ccc(F)cc2)oc2cc(N(CC(F)F)S(C)(=O)=O)c(-c3ccc4c(n3)-c3cc5c(F)cccc5n3CO4)cc12.CNC(=O)c1c(-c2ccc(F)cc2)oc2cc(N(CC(F)F)S(C)(=O)=O)c(C)cc12.Fc1cccc2c1cc1n2COc2ccc(Cl)nc2-1. The second-order valence-corrected chi connectivity index (χ2v) is 26.2. The Kier molecular flexibility index (Phi) is 17.6. The number of hydrogen-bond acceptors (Lipinski definition) is 12. The number of alkyl halides is 4. The molecule has 0 aliphatic carbocycles. The van der Waals surface area contributed by atoms with Crippen molar-refractivity contribution in [1.82, 2.24) is 29.7 Å². The molecule has 0 saturated carbocycles. The number of carbonyl (C=O) groups excluding carboxylic acids is 2. The fourth-order valence-corrected chi connectivity index (χ4v) is 13.5. The highest BCUT2D eigenvalue weighted by molar-refractivity contribution is 7.92. The maximum Gasteiger partial charge on any atom is 0.257 e. The third-order valence-corrected chi connectivity index (χ3v) is 18.3. The molecule has 494 valence electrons. The minimum absolute atomic E-state index is 0.0153. The first-order valence-electron chi connectivity index (χ1n) is 28.9. The number of fused-ring (bicyclic) bond motifs is 12. The monoisotopic (exact) mass is 1380 g/mol. The molecule has 0 fully saturated rings. The maximum absolute atomic E-state index is 14.7. The van der Waals surface area contributed by atoms with Gasteiger partial charge in [0.15, 0.2) is 13.5 Å². The summed E-state index contributed by atoms with van der Waals surface area (Å²) in [5.41, 5.74) is 5.27. The van der Waals surface area contributed by atoms with Crippen LogP contribution in [0.5, 0.6) is 11.5 Å². The van der Waals surface area contributed by atoms with Crippen LogP contribution in [0.25, 0.3) is 100 Å². The highest BCUT2D eigenvalue weighted by Crippen LogP contribution is 2.46. The lowest BCUT2D eigenvalue weighted by Crippen LogP contribution is -2.34. The minimum Gasteiger partial charge on any atom is -0.470 e. The van der Waals surface area contributed by atoms with Gasteiger partial charge in [0.25, 0.3) is 24.7 Å². The Balaban J connectivity index is 0.000000152. The molecular weight excluding hydrogens is 1330 g/mol. The highest BCUT2D eigenvalue weighted by Gasteiger charge is 2.33. The fraction of sp³-hybridized carbons (Fsp3) is 0.164. The largest absolute Gasteiger partial charge is 0.470 e. The molecule has 6 aromatic heterocycles. The molecule has 29 heteroatoms. The van der Waals surface area contributed by atoms with Crippen molar-refractivity contribution >= 4 is 98.6 Å². The zero-order valence-electron chi connectivity index (χ0n) is 50.8. The van der Waals surface area contributed by atoms with Crippen LogP contribution in [-0.4, -0.2) is 100 Å². The van der Waals surface area contributed by atoms with Crippen molar-refractivity contribution in [2.75, 3.05) is 48.3 Å². The normalized spacial score (nSPS) is 12.5. The third kappa shape index (κ3) is 12.5. The lowest BCUT2D eigenvalue weighted by Gasteiger charge is -2.25. The number of hydrogen-bond donors (Lipinski definition) is 2. The molecular formula is C67H51ClF8N8O10S2. The number of halogens is 9. The Morgan fingerprint density at radius 2 is 1.00 bits per heavy atom. The molecule has 2 N–H and O–H groups in total. The van der Waals surface area contributed by atoms with E-state index in [9.17, 15) is 61.5 Å². The van der Waals surface area contributed by atoms with Gasteiger partial charge in [0.2, 0.25) is 20.0 Å². The van der Waals surface area contributed by atoms with Crippen LogP contribution in [0.15, 0.2) is 154 Å². The van der Waals surface area contributed by atoms with Gasteiger partial charge in [-0.15, -0.1) is 0 Å². The molecule has 0 spiro atoms. The van der Waals surface area contributed by atoms with Crippen molar-refractivity contribution < 1.29 is 79.9 Å². The number of benzene rings is 6. The second-order valence-electron chi connectivity index (χ2n) is 22.0. The predicted molar refractivity (Wildman–Crippen MR) is 347 cm³/mol. The van der Waals surface area contributed by atoms with Gasteiger partial charge in [0.05, 0.1) is 76.2 Å². The minimum atomic E-state index is -4.29. The summed E-state index contributed by atoms with van der Waals surface area (Å²) in [6, 6.07) is 35.7. The van der Waals surface area contributed by atoms with E-state index < -0.39 is 75.3 Å². The van der Waals surface area contributed by atoms with Crippen LogP contribution in [0.3, 0.4) is 0 Å². The van der Waals surface area contributed by atoms with Gasteiger partial charge >= 0.3 is 0 Å². The lowest BCUT2D eigenvalue weighted by molar-refractivity contribution is 0.0956. The summed E-state index contributed by atoms with van der Waals surface area (Å²) in [7, 11) is -5.44. The molecule has 2 aliphatic heterocycles. The predicted octanol–water partition coefficient (Wildman–Crippen LogP) is 14.6. The number of aryl methyl sites for hydroxylation is 1. The quantitative estimate of drug-likeness (QED) is 0.0815. The summed E-state index contributed by atoms with van der Waals surface area (Å²) >= 11 is 5.92. The summed E-state index contributed by atoms with van der Waals surface area (Å²) in [4.78, 5) is 34.8. The number of rotatable bonds is 13. The van der Waals surface area contributed by atoms with E-state index in [0.29, 0.717) is 87.4 Å². The second kappa shape index (κ2) is 25.7. The van der Waals surface area contributed by atoms with Crippen molar-refractivity contribution in [3.63, 3.8) is 0 Å². The number of pyridine rings is 2. The van der Waals surface area contributed by atoms with Gasteiger partial charge in [-0.3, -0.25) is 18.2 Å². The Labute approximate surface area is 545 Å². The average Bonchev–Trinajstić information content (AvgIpc) is 1.02. The number of carbonyl (C=O) groups is 2. The van der Waals surface area contributed by atoms with Gasteiger partial charge in [-0.25, -0.2) is 61.9 Å². The van der Waals surface area contributed by atoms with Crippen molar-refractivity contribution in [3.8, 4) is 68.2 Å². The standard InChI is InChI=1S/C33H24F4N4O5S.C20H19F3N2O4S.C14H8ClFN2O/c1-38-33(42)30-21-12-20(23-10-11-27-31(39-23)26-13-19-22(35)4-3-5-24(19)40(26)16-45-27)25(41(15-29(36)37)47(2,43)44)14-28(21)46-32(30)17-6-8-18(34)9-7-17;1-11-8-14-16(9-15(11)25(10-17(22)23)30(3,27)28)29-19(18(14)20(26)24-2)12-4-6-13(21)7-5-12;15-13-5-4-12-14(17-13)11-6-8-9(16)2-1-3-10(8)18(11)7-19-12/h3-14,29H,15-16H2,1-2H3,(H,38,42);4-9,17H,10H2,1-3H3,(H,24,26);1-6H,7H2. The Morgan fingerprint density at radius 3 is 1.46 bits per heavy atom. The zero-order chi connectivity index (χ0) is 68.4. The molecule has 0 radical (unpaired) electrons. The van der Waals surface area contributed by atoms with Gasteiger partial charge in [-0.05, 0) is 134 Å². The van der Waals surface area contributed by atoms with Crippen LogP contribution in [0.1, 0.15) is 26.3 Å². The van der Waals surface area contributed by atoms with E-state index >= 15 is 0 Å². The van der Waals surface area contributed by atoms with Crippen molar-refractivity contribution in [1.29, 1.82) is 0 Å². The van der Waals surface area contributed by atoms with Crippen LogP contribution < -0.4 is 28.7 Å². The maximum atomic E-state index is 14.7. The zero-order valence-corrected chi connectivity index (χ0v) is 53.2. The van der Waals surface area contributed by atoms with Crippen LogP contribution in [0.4, 0.5) is 46.5 Å². The van der Waals surface area contributed by atoms with Crippen LogP contribution in [0, 0.1) is 30.2 Å². The Morgan fingerprint density at radius 1 is 0.562 bits per heavy atom. The third-order valence-electron chi connectivity index (χ3n) is 15.8. The molecule has 0 atom stereocenters. The van der Waals surface area contributed by atoms with Crippen molar-refractivity contribution in [3.05, 3.63) is 191 Å². The van der Waals surface area contributed by atoms with Crippen LogP contribution in [-0.2, 0) is 33.5 Å². The molecule has 6 aromatic carbocycles. The molecule has 0 bridgehead atoms. The van der Waals surface area contributed by atoms with E-state index in [4.69, 9.17) is 34.9 Å². The number of furan rings is 2. The number of amides is 2. The molecule has 0 saturated heterocycles. The topological polar surface area (TPSA) is 213 Å². The van der Waals surface area contributed by atoms with Gasteiger partial charge < -0.3 is 38.1 Å². The van der Waals surface area contributed by atoms with E-state index in [2.05, 4.69) is 15.6 Å². The van der Waals surface area contributed by atoms with Gasteiger partial charge in [-0.1, -0.05) is 23.7 Å². The van der Waals surface area contributed by atoms with Gasteiger partial charge in [-0.2, -0.15) is 0 Å². The molecule has 8 heterocycles. The first kappa shape index (κ1) is 65.6. The first-order valence-corrected chi connectivity index (χ1v) is 32.9. The Bertz CT molecular complexity index is 5340. The number of nitrogens with zero attached hydrogens (tertiary/aromatic N) is 6. The Hall–Kier alpha value is -10.5. The van der Waals surface area contributed by atoms with E-state index in [0.717, 1.165) is 23.7 Å². The fourth-order valence-electron chi connectivity index (χ4n) is 11.5. The van der Waals surface area contributed by atoms with Gasteiger partial charge in [0.1, 0.15) is 74.0 Å².